The fourth-order valence-electron chi connectivity index (χ4n) is 1.72. The number of hydrogen-bond donors (Lipinski definition) is 1. The van der Waals surface area contributed by atoms with Crippen LogP contribution in [-0.4, -0.2) is 19.8 Å². The Labute approximate surface area is 107 Å². The second-order valence-corrected chi connectivity index (χ2v) is 4.81. The van der Waals surface area contributed by atoms with E-state index in [-0.39, 0.29) is 0 Å². The Bertz CT molecular complexity index is 316. The molecule has 0 unspecified atom stereocenters. The van der Waals surface area contributed by atoms with Gasteiger partial charge in [-0.25, -0.2) is 0 Å². The van der Waals surface area contributed by atoms with Crippen LogP contribution in [0.2, 0.25) is 0 Å². The van der Waals surface area contributed by atoms with E-state index in [9.17, 15) is 0 Å². The highest BCUT2D eigenvalue weighted by atomic mass is 79.9. The quantitative estimate of drug-likeness (QED) is 0.801. The standard InChI is InChI=1S/C13H20BrNO/c1-4-16-7-5-6-15-13-10(2)8-12(14)9-11(13)3/h8-9,15H,4-7H2,1-3H3. The lowest BCUT2D eigenvalue weighted by atomic mass is 10.1. The van der Waals surface area contributed by atoms with Crippen molar-refractivity contribution in [3.05, 3.63) is 27.7 Å². The maximum absolute atomic E-state index is 5.30. The molecule has 0 aliphatic carbocycles. The molecule has 16 heavy (non-hydrogen) atoms. The van der Waals surface area contributed by atoms with Crippen molar-refractivity contribution < 1.29 is 4.74 Å². The van der Waals surface area contributed by atoms with Gasteiger partial charge < -0.3 is 10.1 Å². The van der Waals surface area contributed by atoms with E-state index < -0.39 is 0 Å². The van der Waals surface area contributed by atoms with Crippen LogP contribution in [0, 0.1) is 13.8 Å². The van der Waals surface area contributed by atoms with E-state index in [0.29, 0.717) is 0 Å². The van der Waals surface area contributed by atoms with Gasteiger partial charge >= 0.3 is 0 Å². The predicted molar refractivity (Wildman–Crippen MR) is 73.2 cm³/mol. The lowest BCUT2D eigenvalue weighted by Gasteiger charge is -2.13. The molecule has 0 atom stereocenters. The maximum atomic E-state index is 5.30. The van der Waals surface area contributed by atoms with Crippen LogP contribution in [0.5, 0.6) is 0 Å². The molecule has 0 bridgehead atoms. The number of benzene rings is 1. The Morgan fingerprint density at radius 1 is 1.25 bits per heavy atom. The maximum Gasteiger partial charge on any atom is 0.0482 e. The van der Waals surface area contributed by atoms with Crippen LogP contribution in [0.4, 0.5) is 5.69 Å². The van der Waals surface area contributed by atoms with Gasteiger partial charge in [-0.3, -0.25) is 0 Å². The molecular weight excluding hydrogens is 266 g/mol. The van der Waals surface area contributed by atoms with Gasteiger partial charge in [-0.15, -0.1) is 0 Å². The van der Waals surface area contributed by atoms with Crippen LogP contribution in [0.25, 0.3) is 0 Å². The molecule has 0 saturated heterocycles. The summed E-state index contributed by atoms with van der Waals surface area (Å²) < 4.78 is 6.44. The normalized spacial score (nSPS) is 10.5. The van der Waals surface area contributed by atoms with E-state index in [4.69, 9.17) is 4.74 Å². The average molecular weight is 286 g/mol. The second kappa shape index (κ2) is 6.92. The third-order valence-electron chi connectivity index (χ3n) is 2.47. The van der Waals surface area contributed by atoms with Crippen LogP contribution in [0.3, 0.4) is 0 Å². The zero-order valence-electron chi connectivity index (χ0n) is 10.3. The molecule has 0 aromatic heterocycles. The van der Waals surface area contributed by atoms with Crippen molar-refractivity contribution >= 4 is 21.6 Å². The minimum atomic E-state index is 0.802. The van der Waals surface area contributed by atoms with Crippen molar-refractivity contribution in [3.8, 4) is 0 Å². The monoisotopic (exact) mass is 285 g/mol. The molecule has 1 aromatic carbocycles. The van der Waals surface area contributed by atoms with Gasteiger partial charge in [-0.1, -0.05) is 15.9 Å². The van der Waals surface area contributed by atoms with Crippen molar-refractivity contribution in [1.29, 1.82) is 0 Å². The molecule has 0 saturated carbocycles. The van der Waals surface area contributed by atoms with Crippen molar-refractivity contribution in [3.63, 3.8) is 0 Å². The molecule has 1 rings (SSSR count). The Hall–Kier alpha value is -0.540. The Morgan fingerprint density at radius 3 is 2.44 bits per heavy atom. The summed E-state index contributed by atoms with van der Waals surface area (Å²) in [7, 11) is 0. The van der Waals surface area contributed by atoms with Crippen LogP contribution < -0.4 is 5.32 Å². The summed E-state index contributed by atoms with van der Waals surface area (Å²) >= 11 is 3.50. The van der Waals surface area contributed by atoms with Gasteiger partial charge in [0.25, 0.3) is 0 Å². The summed E-state index contributed by atoms with van der Waals surface area (Å²) in [6.45, 7) is 8.87. The van der Waals surface area contributed by atoms with Gasteiger partial charge in [0.15, 0.2) is 0 Å². The smallest absolute Gasteiger partial charge is 0.0482 e. The number of aryl methyl sites for hydroxylation is 2. The van der Waals surface area contributed by atoms with E-state index in [2.05, 4.69) is 47.2 Å². The third-order valence-corrected chi connectivity index (χ3v) is 2.93. The highest BCUT2D eigenvalue weighted by molar-refractivity contribution is 9.10. The molecule has 2 nitrogen and oxygen atoms in total. The Kier molecular flexibility index (Phi) is 5.85. The molecule has 1 N–H and O–H groups in total. The van der Waals surface area contributed by atoms with Crippen LogP contribution in [0.1, 0.15) is 24.5 Å². The lowest BCUT2D eigenvalue weighted by molar-refractivity contribution is 0.147. The molecule has 0 radical (unpaired) electrons. The van der Waals surface area contributed by atoms with Gasteiger partial charge in [-0.2, -0.15) is 0 Å². The molecule has 90 valence electrons. The summed E-state index contributed by atoms with van der Waals surface area (Å²) in [5.74, 6) is 0. The molecule has 0 amide bonds. The van der Waals surface area contributed by atoms with Crippen LogP contribution >= 0.6 is 15.9 Å². The summed E-state index contributed by atoms with van der Waals surface area (Å²) in [6, 6.07) is 4.27. The molecule has 1 aromatic rings. The molecular formula is C13H20BrNO. The van der Waals surface area contributed by atoms with E-state index in [1.54, 1.807) is 0 Å². The van der Waals surface area contributed by atoms with Gasteiger partial charge in [0.2, 0.25) is 0 Å². The zero-order chi connectivity index (χ0) is 12.0. The van der Waals surface area contributed by atoms with Crippen molar-refractivity contribution in [1.82, 2.24) is 0 Å². The van der Waals surface area contributed by atoms with E-state index >= 15 is 0 Å². The van der Waals surface area contributed by atoms with Gasteiger partial charge in [0.05, 0.1) is 0 Å². The van der Waals surface area contributed by atoms with Crippen molar-refractivity contribution in [2.75, 3.05) is 25.1 Å². The first-order chi connectivity index (χ1) is 7.65. The predicted octanol–water partition coefficient (Wildman–Crippen LogP) is 3.90. The number of rotatable bonds is 6. The van der Waals surface area contributed by atoms with Crippen molar-refractivity contribution in [2.24, 2.45) is 0 Å². The van der Waals surface area contributed by atoms with Gasteiger partial charge in [0, 0.05) is 29.9 Å². The number of anilines is 1. The van der Waals surface area contributed by atoms with Crippen LogP contribution in [-0.2, 0) is 4.74 Å². The minimum Gasteiger partial charge on any atom is -0.385 e. The van der Waals surface area contributed by atoms with Crippen LogP contribution in [0.15, 0.2) is 16.6 Å². The molecule has 3 heteroatoms. The summed E-state index contributed by atoms with van der Waals surface area (Å²) in [6.07, 6.45) is 1.04. The summed E-state index contributed by atoms with van der Waals surface area (Å²) in [5.41, 5.74) is 3.81. The average Bonchev–Trinajstić information content (AvgIpc) is 2.20. The third kappa shape index (κ3) is 4.14. The van der Waals surface area contributed by atoms with E-state index in [1.807, 2.05) is 6.92 Å². The first kappa shape index (κ1) is 13.5. The van der Waals surface area contributed by atoms with Crippen molar-refractivity contribution in [2.45, 2.75) is 27.2 Å². The van der Waals surface area contributed by atoms with E-state index in [1.165, 1.54) is 16.8 Å². The molecule has 0 fully saturated rings. The topological polar surface area (TPSA) is 21.3 Å². The molecule has 0 heterocycles. The zero-order valence-corrected chi connectivity index (χ0v) is 11.9. The number of ether oxygens (including phenoxy) is 1. The first-order valence-corrected chi connectivity index (χ1v) is 6.52. The lowest BCUT2D eigenvalue weighted by Crippen LogP contribution is -2.07. The fraction of sp³-hybridized carbons (Fsp3) is 0.538. The SMILES string of the molecule is CCOCCCNc1c(C)cc(Br)cc1C. The van der Waals surface area contributed by atoms with E-state index in [0.717, 1.165) is 30.7 Å². The number of nitrogens with one attached hydrogen (secondary N) is 1. The first-order valence-electron chi connectivity index (χ1n) is 5.73. The minimum absolute atomic E-state index is 0.802. The van der Waals surface area contributed by atoms with Gasteiger partial charge in [-0.05, 0) is 50.5 Å². The summed E-state index contributed by atoms with van der Waals surface area (Å²) in [4.78, 5) is 0. The molecule has 0 aliphatic rings. The Morgan fingerprint density at radius 2 is 1.88 bits per heavy atom. The number of hydrogen-bond acceptors (Lipinski definition) is 2. The second-order valence-electron chi connectivity index (χ2n) is 3.89. The highest BCUT2D eigenvalue weighted by Crippen LogP contribution is 2.24. The fourth-order valence-corrected chi connectivity index (χ4v) is 2.41. The molecule has 0 aliphatic heterocycles. The highest BCUT2D eigenvalue weighted by Gasteiger charge is 2.03. The summed E-state index contributed by atoms with van der Waals surface area (Å²) in [5, 5.41) is 3.47. The Balaban J connectivity index is 2.47. The van der Waals surface area contributed by atoms with Gasteiger partial charge in [0.1, 0.15) is 0 Å². The number of halogens is 1. The largest absolute Gasteiger partial charge is 0.385 e. The molecule has 0 spiro atoms.